The Balaban J connectivity index is 1.28. The second-order valence-corrected chi connectivity index (χ2v) is 19.0. The van der Waals surface area contributed by atoms with Gasteiger partial charge in [0.25, 0.3) is 5.91 Å². The fourth-order valence-corrected chi connectivity index (χ4v) is 9.33. The fourth-order valence-electron chi connectivity index (χ4n) is 7.15. The average molecular weight is 817 g/mol. The molecule has 0 bridgehead atoms. The second kappa shape index (κ2) is 19.4. The summed E-state index contributed by atoms with van der Waals surface area (Å²) in [6.45, 7) is 2.54. The van der Waals surface area contributed by atoms with Crippen molar-refractivity contribution < 1.29 is 45.5 Å². The molecule has 3 amide bonds. The minimum absolute atomic E-state index is 0.000852. The topological polar surface area (TPSA) is 210 Å². The first-order valence-corrected chi connectivity index (χ1v) is 22.6. The number of benzene rings is 1. The molecule has 5 rings (SSSR count). The van der Waals surface area contributed by atoms with E-state index in [1.54, 1.807) is 24.3 Å². The van der Waals surface area contributed by atoms with Crippen LogP contribution in [0, 0.1) is 11.8 Å². The van der Waals surface area contributed by atoms with Crippen molar-refractivity contribution in [3.63, 3.8) is 0 Å². The molecule has 16 nitrogen and oxygen atoms in total. The van der Waals surface area contributed by atoms with Crippen molar-refractivity contribution in [3.8, 4) is 0 Å². The lowest BCUT2D eigenvalue weighted by Gasteiger charge is -2.30. The van der Waals surface area contributed by atoms with Crippen LogP contribution in [0.1, 0.15) is 56.9 Å². The number of hydrogen-bond donors (Lipinski definition) is 4. The summed E-state index contributed by atoms with van der Waals surface area (Å²) < 4.78 is 65.5. The van der Waals surface area contributed by atoms with Gasteiger partial charge in [0.2, 0.25) is 37.6 Å². The number of ether oxygens (including phenoxy) is 2. The summed E-state index contributed by atoms with van der Waals surface area (Å²) in [4.78, 5) is 56.2. The molecule has 4 aliphatic rings. The van der Waals surface area contributed by atoms with E-state index in [-0.39, 0.29) is 71.2 Å². The molecule has 4 N–H and O–H groups in total. The van der Waals surface area contributed by atoms with Gasteiger partial charge < -0.3 is 30.3 Å². The fraction of sp³-hybridized carbons (Fsp3) is 0.714. The molecule has 19 heteroatoms. The average Bonchev–Trinajstić information content (AvgIpc) is 3.87. The van der Waals surface area contributed by atoms with E-state index in [1.807, 2.05) is 0 Å². The zero-order valence-electron chi connectivity index (χ0n) is 30.7. The molecule has 1 aromatic carbocycles. The molecule has 3 heterocycles. The Labute approximate surface area is 322 Å². The molecule has 1 saturated carbocycles. The minimum atomic E-state index is -3.81. The SMILES string of the molecule is CS(=O)(=O)N[C@H](CCC1CCNCC1)C(=O)N1C[C@H](OCc2ccc(Cl)cc2)C[C@H]1C(=O)N[C@@H](CC1CC1)C(=O)C(=O)NCCS(=O)(=O)N1CCOCC1. The Morgan fingerprint density at radius 2 is 1.67 bits per heavy atom. The third kappa shape index (κ3) is 12.9. The smallest absolute Gasteiger partial charge is 0.289 e. The number of carbonyl (C=O) groups is 4. The van der Waals surface area contributed by atoms with Gasteiger partial charge in [-0.25, -0.2) is 21.6 Å². The molecular formula is C35H53ClN6O10S2. The van der Waals surface area contributed by atoms with Crippen LogP contribution in [0.3, 0.4) is 0 Å². The van der Waals surface area contributed by atoms with Gasteiger partial charge in [-0.1, -0.05) is 36.6 Å². The largest absolute Gasteiger partial charge is 0.379 e. The number of ketones is 1. The molecule has 3 aliphatic heterocycles. The third-order valence-electron chi connectivity index (χ3n) is 10.4. The van der Waals surface area contributed by atoms with Gasteiger partial charge in [0.15, 0.2) is 0 Å². The number of nitrogens with one attached hydrogen (secondary N) is 4. The Kier molecular flexibility index (Phi) is 15.3. The van der Waals surface area contributed by atoms with Crippen LogP contribution in [-0.2, 0) is 55.3 Å². The van der Waals surface area contributed by atoms with E-state index in [9.17, 15) is 36.0 Å². The van der Waals surface area contributed by atoms with E-state index in [1.165, 1.54) is 9.21 Å². The van der Waals surface area contributed by atoms with E-state index >= 15 is 0 Å². The molecule has 0 aromatic heterocycles. The number of halogens is 1. The summed E-state index contributed by atoms with van der Waals surface area (Å²) in [5, 5.41) is 8.99. The lowest BCUT2D eigenvalue weighted by atomic mass is 9.91. The Hall–Kier alpha value is -2.71. The number of piperidine rings is 1. The number of nitrogens with zero attached hydrogens (tertiary/aromatic N) is 2. The van der Waals surface area contributed by atoms with Gasteiger partial charge >= 0.3 is 0 Å². The van der Waals surface area contributed by atoms with Crippen molar-refractivity contribution in [2.45, 2.75) is 82.2 Å². The van der Waals surface area contributed by atoms with Gasteiger partial charge in [-0.05, 0) is 74.7 Å². The Morgan fingerprint density at radius 1 is 0.981 bits per heavy atom. The predicted molar refractivity (Wildman–Crippen MR) is 200 cm³/mol. The molecule has 1 aromatic rings. The molecule has 1 aliphatic carbocycles. The molecule has 302 valence electrons. The van der Waals surface area contributed by atoms with Gasteiger partial charge in [0.05, 0.1) is 44.0 Å². The van der Waals surface area contributed by atoms with Crippen molar-refractivity contribution in [1.82, 2.24) is 29.9 Å². The van der Waals surface area contributed by atoms with Crippen LogP contribution in [0.15, 0.2) is 24.3 Å². The zero-order valence-corrected chi connectivity index (χ0v) is 33.1. The molecule has 4 atom stereocenters. The maximum absolute atomic E-state index is 14.2. The van der Waals surface area contributed by atoms with Crippen LogP contribution in [0.2, 0.25) is 5.02 Å². The van der Waals surface area contributed by atoms with E-state index < -0.39 is 73.5 Å². The first kappa shape index (κ1) is 42.4. The molecule has 0 radical (unpaired) electrons. The summed E-state index contributed by atoms with van der Waals surface area (Å²) in [5.74, 6) is -3.14. The van der Waals surface area contributed by atoms with Crippen molar-refractivity contribution in [2.24, 2.45) is 11.8 Å². The highest BCUT2D eigenvalue weighted by Crippen LogP contribution is 2.34. The standard InChI is InChI=1S/C35H53ClN6O10S2/c1-53(47,48)40-29(9-6-24-10-12-37-13-11-24)35(46)42-22-28(52-23-26-4-7-27(36)8-5-26)21-31(42)33(44)39-30(20-25-2-3-25)32(43)34(45)38-14-19-54(49,50)41-15-17-51-18-16-41/h4-5,7-8,24-25,28-31,37,40H,2-3,6,9-23H2,1H3,(H,38,45)(H,39,44)/t28-,29-,30+,31+/m1/s1. The maximum Gasteiger partial charge on any atom is 0.289 e. The van der Waals surface area contributed by atoms with E-state index in [2.05, 4.69) is 20.7 Å². The van der Waals surface area contributed by atoms with Crippen LogP contribution in [0.5, 0.6) is 0 Å². The monoisotopic (exact) mass is 816 g/mol. The first-order chi connectivity index (χ1) is 25.7. The van der Waals surface area contributed by atoms with Crippen LogP contribution >= 0.6 is 11.6 Å². The summed E-state index contributed by atoms with van der Waals surface area (Å²) >= 11 is 6.03. The summed E-state index contributed by atoms with van der Waals surface area (Å²) in [6.07, 6.45) is 4.97. The summed E-state index contributed by atoms with van der Waals surface area (Å²) in [5.41, 5.74) is 0.822. The van der Waals surface area contributed by atoms with E-state index in [0.29, 0.717) is 17.4 Å². The molecule has 0 unspecified atom stereocenters. The number of likely N-dealkylation sites (tertiary alicyclic amines) is 1. The van der Waals surface area contributed by atoms with Gasteiger partial charge in [-0.15, -0.1) is 0 Å². The quantitative estimate of drug-likeness (QED) is 0.138. The van der Waals surface area contributed by atoms with Crippen LogP contribution in [0.25, 0.3) is 0 Å². The predicted octanol–water partition coefficient (Wildman–Crippen LogP) is 0.156. The number of Topliss-reactive ketones (excluding diaryl/α,β-unsaturated/α-hetero) is 1. The molecule has 4 fully saturated rings. The Morgan fingerprint density at radius 3 is 2.31 bits per heavy atom. The van der Waals surface area contributed by atoms with Crippen molar-refractivity contribution in [3.05, 3.63) is 34.9 Å². The van der Waals surface area contributed by atoms with Crippen LogP contribution < -0.4 is 20.7 Å². The Bertz CT molecular complexity index is 1680. The van der Waals surface area contributed by atoms with Gasteiger partial charge in [-0.3, -0.25) is 19.2 Å². The number of sulfonamides is 2. The van der Waals surface area contributed by atoms with E-state index in [0.717, 1.165) is 50.6 Å². The van der Waals surface area contributed by atoms with Crippen molar-refractivity contribution in [2.75, 3.05) is 64.5 Å². The van der Waals surface area contributed by atoms with E-state index in [4.69, 9.17) is 21.1 Å². The molecular weight excluding hydrogens is 764 g/mol. The first-order valence-electron chi connectivity index (χ1n) is 18.7. The van der Waals surface area contributed by atoms with Crippen molar-refractivity contribution >= 4 is 55.2 Å². The number of carbonyl (C=O) groups excluding carboxylic acids is 4. The maximum atomic E-state index is 14.2. The zero-order chi connectivity index (χ0) is 38.9. The highest BCUT2D eigenvalue weighted by Gasteiger charge is 2.44. The molecule has 54 heavy (non-hydrogen) atoms. The summed E-state index contributed by atoms with van der Waals surface area (Å²) in [6, 6.07) is 3.59. The minimum Gasteiger partial charge on any atom is -0.379 e. The number of amides is 3. The van der Waals surface area contributed by atoms with Gasteiger partial charge in [0, 0.05) is 37.6 Å². The van der Waals surface area contributed by atoms with Crippen LogP contribution in [-0.4, -0.2) is 138 Å². The highest BCUT2D eigenvalue weighted by molar-refractivity contribution is 7.89. The van der Waals surface area contributed by atoms with Crippen molar-refractivity contribution in [1.29, 1.82) is 0 Å². The second-order valence-electron chi connectivity index (χ2n) is 14.7. The normalized spacial score (nSPS) is 22.7. The lowest BCUT2D eigenvalue weighted by molar-refractivity contribution is -0.143. The lowest BCUT2D eigenvalue weighted by Crippen LogP contribution is -2.56. The van der Waals surface area contributed by atoms with Gasteiger partial charge in [-0.2, -0.15) is 4.31 Å². The number of rotatable bonds is 19. The van der Waals surface area contributed by atoms with Gasteiger partial charge in [0.1, 0.15) is 12.1 Å². The number of hydrogen-bond acceptors (Lipinski definition) is 11. The molecule has 0 spiro atoms. The molecule has 3 saturated heterocycles. The third-order valence-corrected chi connectivity index (χ3v) is 13.2. The summed E-state index contributed by atoms with van der Waals surface area (Å²) in [7, 11) is -7.49. The highest BCUT2D eigenvalue weighted by atomic mass is 35.5. The van der Waals surface area contributed by atoms with Crippen LogP contribution in [0.4, 0.5) is 0 Å². The number of morpholine rings is 1.